The van der Waals surface area contributed by atoms with Gasteiger partial charge in [-0.2, -0.15) is 0 Å². The van der Waals surface area contributed by atoms with E-state index in [1.54, 1.807) is 20.3 Å². The zero-order valence-electron chi connectivity index (χ0n) is 11.4. The highest BCUT2D eigenvalue weighted by atomic mass is 16.5. The maximum absolute atomic E-state index is 11.3. The number of nitrogens with one attached hydrogen (secondary N) is 2. The maximum atomic E-state index is 11.3. The summed E-state index contributed by atoms with van der Waals surface area (Å²) in [4.78, 5) is 11.3. The molecule has 0 saturated carbocycles. The van der Waals surface area contributed by atoms with Gasteiger partial charge in [0.1, 0.15) is 0 Å². The lowest BCUT2D eigenvalue weighted by molar-refractivity contribution is -0.120. The van der Waals surface area contributed by atoms with Crippen LogP contribution >= 0.6 is 0 Å². The van der Waals surface area contributed by atoms with Crippen molar-refractivity contribution < 1.29 is 14.3 Å². The zero-order chi connectivity index (χ0) is 14.1. The molecule has 2 N–H and O–H groups in total. The van der Waals surface area contributed by atoms with Gasteiger partial charge in [0.2, 0.25) is 5.91 Å². The minimum Gasteiger partial charge on any atom is -0.493 e. The van der Waals surface area contributed by atoms with E-state index in [4.69, 9.17) is 9.47 Å². The Labute approximate surface area is 113 Å². The molecular formula is C14H20N2O3. The lowest BCUT2D eigenvalue weighted by atomic mass is 10.2. The van der Waals surface area contributed by atoms with E-state index >= 15 is 0 Å². The molecule has 19 heavy (non-hydrogen) atoms. The van der Waals surface area contributed by atoms with Crippen molar-refractivity contribution in [3.8, 4) is 11.5 Å². The van der Waals surface area contributed by atoms with Gasteiger partial charge in [0.25, 0.3) is 0 Å². The molecule has 0 aliphatic heterocycles. The van der Waals surface area contributed by atoms with Crippen LogP contribution < -0.4 is 20.1 Å². The Bertz CT molecular complexity index is 433. The van der Waals surface area contributed by atoms with Gasteiger partial charge in [0.15, 0.2) is 11.5 Å². The van der Waals surface area contributed by atoms with Gasteiger partial charge in [-0.1, -0.05) is 12.1 Å². The second-order valence-corrected chi connectivity index (χ2v) is 3.89. The van der Waals surface area contributed by atoms with Crippen molar-refractivity contribution in [3.05, 3.63) is 36.4 Å². The fourth-order valence-corrected chi connectivity index (χ4v) is 1.56. The second kappa shape index (κ2) is 8.16. The summed E-state index contributed by atoms with van der Waals surface area (Å²) in [5, 5.41) is 5.75. The Hall–Kier alpha value is -2.01. The highest BCUT2D eigenvalue weighted by Gasteiger charge is 2.05. The van der Waals surface area contributed by atoms with Gasteiger partial charge in [-0.15, -0.1) is 6.58 Å². The highest BCUT2D eigenvalue weighted by molar-refractivity contribution is 5.78. The molecule has 0 unspecified atom stereocenters. The quantitative estimate of drug-likeness (QED) is 0.690. The van der Waals surface area contributed by atoms with Crippen molar-refractivity contribution in [2.75, 3.05) is 27.3 Å². The third kappa shape index (κ3) is 5.01. The molecule has 0 aliphatic carbocycles. The third-order valence-electron chi connectivity index (χ3n) is 2.51. The van der Waals surface area contributed by atoms with E-state index < -0.39 is 0 Å². The molecule has 0 spiro atoms. The second-order valence-electron chi connectivity index (χ2n) is 3.89. The summed E-state index contributed by atoms with van der Waals surface area (Å²) in [6.07, 6.45) is 1.65. The highest BCUT2D eigenvalue weighted by Crippen LogP contribution is 2.27. The van der Waals surface area contributed by atoms with Gasteiger partial charge in [-0.05, 0) is 17.7 Å². The Balaban J connectivity index is 2.45. The minimum atomic E-state index is -0.0552. The first-order valence-electron chi connectivity index (χ1n) is 6.00. The average molecular weight is 264 g/mol. The van der Waals surface area contributed by atoms with E-state index in [9.17, 15) is 4.79 Å². The van der Waals surface area contributed by atoms with Gasteiger partial charge < -0.3 is 20.1 Å². The summed E-state index contributed by atoms with van der Waals surface area (Å²) in [7, 11) is 3.19. The number of methoxy groups -OCH3 is 2. The lowest BCUT2D eigenvalue weighted by Crippen LogP contribution is -2.33. The molecular weight excluding hydrogens is 244 g/mol. The van der Waals surface area contributed by atoms with Crippen LogP contribution in [0.25, 0.3) is 0 Å². The smallest absolute Gasteiger partial charge is 0.234 e. The van der Waals surface area contributed by atoms with Crippen LogP contribution in [-0.4, -0.2) is 33.2 Å². The van der Waals surface area contributed by atoms with Crippen LogP contribution in [0.2, 0.25) is 0 Å². The van der Waals surface area contributed by atoms with Gasteiger partial charge in [-0.25, -0.2) is 0 Å². The van der Waals surface area contributed by atoms with Crippen LogP contribution in [-0.2, 0) is 11.3 Å². The maximum Gasteiger partial charge on any atom is 0.234 e. The summed E-state index contributed by atoms with van der Waals surface area (Å²) >= 11 is 0. The fraction of sp³-hybridized carbons (Fsp3) is 0.357. The molecule has 0 fully saturated rings. The zero-order valence-corrected chi connectivity index (χ0v) is 11.4. The monoisotopic (exact) mass is 264 g/mol. The van der Waals surface area contributed by atoms with Crippen molar-refractivity contribution in [3.63, 3.8) is 0 Å². The number of rotatable bonds is 8. The molecule has 1 amide bonds. The molecule has 1 aromatic rings. The van der Waals surface area contributed by atoms with Crippen LogP contribution in [0.5, 0.6) is 11.5 Å². The Morgan fingerprint density at radius 1 is 1.32 bits per heavy atom. The average Bonchev–Trinajstić information content (AvgIpc) is 2.44. The predicted octanol–water partition coefficient (Wildman–Crippen LogP) is 1.10. The first kappa shape index (κ1) is 15.0. The number of ether oxygens (including phenoxy) is 2. The summed E-state index contributed by atoms with van der Waals surface area (Å²) in [5.41, 5.74) is 1.02. The number of amides is 1. The summed E-state index contributed by atoms with van der Waals surface area (Å²) in [6, 6.07) is 5.65. The SMILES string of the molecule is C=CCNC(=O)CNCc1ccc(OC)c(OC)c1. The third-order valence-corrected chi connectivity index (χ3v) is 2.51. The molecule has 104 valence electrons. The molecule has 0 radical (unpaired) electrons. The summed E-state index contributed by atoms with van der Waals surface area (Å²) in [5.74, 6) is 1.31. The Kier molecular flexibility index (Phi) is 6.46. The molecule has 0 heterocycles. The Morgan fingerprint density at radius 2 is 2.05 bits per heavy atom. The summed E-state index contributed by atoms with van der Waals surface area (Å²) < 4.78 is 10.4. The molecule has 0 saturated heterocycles. The number of carbonyl (C=O) groups is 1. The molecule has 0 aromatic heterocycles. The van der Waals surface area contributed by atoms with Gasteiger partial charge in [0.05, 0.1) is 20.8 Å². The van der Waals surface area contributed by atoms with Crippen LogP contribution in [0, 0.1) is 0 Å². The van der Waals surface area contributed by atoms with Crippen molar-refractivity contribution >= 4 is 5.91 Å². The number of hydrogen-bond donors (Lipinski definition) is 2. The van der Waals surface area contributed by atoms with E-state index in [1.165, 1.54) is 0 Å². The molecule has 0 atom stereocenters. The molecule has 1 aromatic carbocycles. The summed E-state index contributed by atoms with van der Waals surface area (Å²) in [6.45, 7) is 4.87. The lowest BCUT2D eigenvalue weighted by Gasteiger charge is -2.10. The minimum absolute atomic E-state index is 0.0552. The normalized spacial score (nSPS) is 9.79. The van der Waals surface area contributed by atoms with Crippen molar-refractivity contribution in [1.82, 2.24) is 10.6 Å². The van der Waals surface area contributed by atoms with Crippen molar-refractivity contribution in [1.29, 1.82) is 0 Å². The van der Waals surface area contributed by atoms with E-state index in [0.717, 1.165) is 5.56 Å². The number of benzene rings is 1. The van der Waals surface area contributed by atoms with E-state index in [1.807, 2.05) is 18.2 Å². The van der Waals surface area contributed by atoms with Crippen LogP contribution in [0.15, 0.2) is 30.9 Å². The van der Waals surface area contributed by atoms with Crippen molar-refractivity contribution in [2.45, 2.75) is 6.54 Å². The number of carbonyl (C=O) groups excluding carboxylic acids is 1. The van der Waals surface area contributed by atoms with E-state index in [-0.39, 0.29) is 12.5 Å². The standard InChI is InChI=1S/C14H20N2O3/c1-4-7-16-14(17)10-15-9-11-5-6-12(18-2)13(8-11)19-3/h4-6,8,15H,1,7,9-10H2,2-3H3,(H,16,17). The van der Waals surface area contributed by atoms with E-state index in [2.05, 4.69) is 17.2 Å². The molecule has 0 bridgehead atoms. The molecule has 5 nitrogen and oxygen atoms in total. The Morgan fingerprint density at radius 3 is 2.68 bits per heavy atom. The largest absolute Gasteiger partial charge is 0.493 e. The van der Waals surface area contributed by atoms with Gasteiger partial charge in [0, 0.05) is 13.1 Å². The van der Waals surface area contributed by atoms with E-state index in [0.29, 0.717) is 24.6 Å². The molecule has 0 aliphatic rings. The van der Waals surface area contributed by atoms with Crippen LogP contribution in [0.4, 0.5) is 0 Å². The molecule has 1 rings (SSSR count). The predicted molar refractivity (Wildman–Crippen MR) is 74.5 cm³/mol. The van der Waals surface area contributed by atoms with Crippen LogP contribution in [0.3, 0.4) is 0 Å². The topological polar surface area (TPSA) is 59.6 Å². The number of hydrogen-bond acceptors (Lipinski definition) is 4. The van der Waals surface area contributed by atoms with Gasteiger partial charge >= 0.3 is 0 Å². The van der Waals surface area contributed by atoms with Crippen LogP contribution in [0.1, 0.15) is 5.56 Å². The van der Waals surface area contributed by atoms with Crippen molar-refractivity contribution in [2.24, 2.45) is 0 Å². The first-order chi connectivity index (χ1) is 9.21. The molecule has 5 heteroatoms. The van der Waals surface area contributed by atoms with Gasteiger partial charge in [-0.3, -0.25) is 4.79 Å². The fourth-order valence-electron chi connectivity index (χ4n) is 1.56. The first-order valence-corrected chi connectivity index (χ1v) is 6.00.